The highest BCUT2D eigenvalue weighted by molar-refractivity contribution is 6.08. The van der Waals surface area contributed by atoms with E-state index in [1.54, 1.807) is 70.5 Å². The van der Waals surface area contributed by atoms with Crippen LogP contribution in [0.25, 0.3) is 22.1 Å². The largest absolute Gasteiger partial charge is 0.453 e. The van der Waals surface area contributed by atoms with Crippen LogP contribution in [0.4, 0.5) is 9.59 Å². The molecule has 2 aliphatic heterocycles. The molecule has 286 valence electrons. The first-order valence-corrected chi connectivity index (χ1v) is 18.4. The lowest BCUT2D eigenvalue weighted by molar-refractivity contribution is -0.134. The van der Waals surface area contributed by atoms with Crippen LogP contribution in [0.1, 0.15) is 103 Å². The summed E-state index contributed by atoms with van der Waals surface area (Å²) >= 11 is 0. The first-order chi connectivity index (χ1) is 26.4. The van der Waals surface area contributed by atoms with Crippen molar-refractivity contribution < 1.29 is 33.4 Å². The molecule has 2 aliphatic rings. The van der Waals surface area contributed by atoms with Crippen LogP contribution in [-0.2, 0) is 14.3 Å². The van der Waals surface area contributed by atoms with Gasteiger partial charge in [-0.2, -0.15) is 0 Å². The van der Waals surface area contributed by atoms with Gasteiger partial charge in [0.25, 0.3) is 11.8 Å². The summed E-state index contributed by atoms with van der Waals surface area (Å²) in [4.78, 5) is 85.2. The molecular formula is C40H44N8O7. The number of carbonyl (C=O) groups excluding carboxylic acids is 5. The zero-order valence-electron chi connectivity index (χ0n) is 31.2. The van der Waals surface area contributed by atoms with Crippen LogP contribution in [0.2, 0.25) is 0 Å². The van der Waals surface area contributed by atoms with E-state index in [4.69, 9.17) is 19.4 Å². The molecule has 15 nitrogen and oxygen atoms in total. The van der Waals surface area contributed by atoms with Crippen LogP contribution in [-0.4, -0.2) is 91.9 Å². The number of H-pyrrole nitrogens is 2. The van der Waals surface area contributed by atoms with Crippen LogP contribution >= 0.6 is 0 Å². The monoisotopic (exact) mass is 748 g/mol. The van der Waals surface area contributed by atoms with Gasteiger partial charge in [-0.15, -0.1) is 0 Å². The fraction of sp³-hybridized carbons (Fsp3) is 0.375. The molecule has 4 N–H and O–H groups in total. The number of imidazole rings is 2. The van der Waals surface area contributed by atoms with Crippen LogP contribution in [0.3, 0.4) is 0 Å². The van der Waals surface area contributed by atoms with Gasteiger partial charge in [0.2, 0.25) is 0 Å². The van der Waals surface area contributed by atoms with Crippen molar-refractivity contribution in [3.63, 3.8) is 0 Å². The molecule has 0 saturated carbocycles. The SMILES string of the molecule is COC(=O)N[C@@H](C(=O)N1CCC[C@H]1c1nc2ccc(C(=O)CNC(=O)c3cccc4nc([C@@H]5CCCN5C(=O)OC(C)(C)C)[nH]c34)cc2[nH]1)c1ccccc1. The highest BCUT2D eigenvalue weighted by atomic mass is 16.6. The van der Waals surface area contributed by atoms with E-state index in [1.807, 2.05) is 26.8 Å². The lowest BCUT2D eigenvalue weighted by Crippen LogP contribution is -2.42. The summed E-state index contributed by atoms with van der Waals surface area (Å²) in [5.74, 6) is 0.105. The van der Waals surface area contributed by atoms with E-state index in [2.05, 4.69) is 20.6 Å². The fourth-order valence-corrected chi connectivity index (χ4v) is 7.30. The zero-order valence-corrected chi connectivity index (χ0v) is 31.2. The minimum atomic E-state index is -0.942. The molecule has 0 bridgehead atoms. The van der Waals surface area contributed by atoms with Gasteiger partial charge in [-0.25, -0.2) is 19.6 Å². The number of para-hydroxylation sites is 1. The van der Waals surface area contributed by atoms with Crippen molar-refractivity contribution in [2.45, 2.75) is 70.2 Å². The van der Waals surface area contributed by atoms with Crippen LogP contribution < -0.4 is 10.6 Å². The van der Waals surface area contributed by atoms with E-state index in [0.717, 1.165) is 12.8 Å². The molecule has 4 amide bonds. The Kier molecular flexibility index (Phi) is 10.3. The Balaban J connectivity index is 1.03. The van der Waals surface area contributed by atoms with Gasteiger partial charge in [0, 0.05) is 18.7 Å². The van der Waals surface area contributed by atoms with Crippen molar-refractivity contribution in [2.75, 3.05) is 26.7 Å². The predicted octanol–water partition coefficient (Wildman–Crippen LogP) is 5.88. The number of fused-ring (bicyclic) bond motifs is 2. The number of Topliss-reactive ketones (excluding diaryl/α,β-unsaturated/α-hetero) is 1. The number of ether oxygens (including phenoxy) is 2. The van der Waals surface area contributed by atoms with Crippen molar-refractivity contribution in [3.8, 4) is 0 Å². The minimum absolute atomic E-state index is 0.253. The van der Waals surface area contributed by atoms with Gasteiger partial charge in [-0.1, -0.05) is 36.4 Å². The Bertz CT molecular complexity index is 2260. The van der Waals surface area contributed by atoms with Gasteiger partial charge in [0.05, 0.1) is 53.4 Å². The molecule has 3 aromatic carbocycles. The molecule has 7 rings (SSSR count). The van der Waals surface area contributed by atoms with E-state index in [0.29, 0.717) is 76.3 Å². The van der Waals surface area contributed by atoms with E-state index < -0.39 is 29.7 Å². The zero-order chi connectivity index (χ0) is 38.9. The predicted molar refractivity (Wildman–Crippen MR) is 202 cm³/mol. The molecule has 0 spiro atoms. The molecule has 4 heterocycles. The van der Waals surface area contributed by atoms with Crippen LogP contribution in [0.15, 0.2) is 66.7 Å². The van der Waals surface area contributed by atoms with Crippen molar-refractivity contribution in [2.24, 2.45) is 0 Å². The number of amides is 4. The third kappa shape index (κ3) is 7.86. The number of hydrogen-bond donors (Lipinski definition) is 4. The van der Waals surface area contributed by atoms with E-state index in [-0.39, 0.29) is 30.3 Å². The summed E-state index contributed by atoms with van der Waals surface area (Å²) in [6.45, 7) is 6.25. The number of carbonyl (C=O) groups is 5. The molecule has 5 aromatic rings. The van der Waals surface area contributed by atoms with Crippen LogP contribution in [0, 0.1) is 0 Å². The summed E-state index contributed by atoms with van der Waals surface area (Å²) in [5.41, 5.74) is 3.02. The van der Waals surface area contributed by atoms with E-state index in [9.17, 15) is 24.0 Å². The molecule has 0 aliphatic carbocycles. The molecule has 15 heteroatoms. The standard InChI is InChI=1S/C40H44N8O7/c1-40(2,3)55-39(53)48-20-10-16-30(48)35-43-27-14-8-13-25(33(27)45-35)36(50)41-22-31(49)24-17-18-26-28(21-24)44-34(42-26)29-15-9-19-47(29)37(51)32(46-38(52)54-4)23-11-6-5-7-12-23/h5-8,11-14,17-18,21,29-30,32H,9-10,15-16,19-20,22H2,1-4H3,(H,41,50)(H,42,44)(H,43,45)(H,46,52)/t29-,30-,32+/m0/s1. The third-order valence-corrected chi connectivity index (χ3v) is 9.89. The molecule has 2 fully saturated rings. The van der Waals surface area contributed by atoms with Gasteiger partial charge in [0.1, 0.15) is 23.3 Å². The summed E-state index contributed by atoms with van der Waals surface area (Å²) < 4.78 is 10.4. The lowest BCUT2D eigenvalue weighted by atomic mass is 10.1. The number of nitrogens with zero attached hydrogens (tertiary/aromatic N) is 4. The second-order valence-corrected chi connectivity index (χ2v) is 14.8. The first kappa shape index (κ1) is 37.1. The quantitative estimate of drug-likeness (QED) is 0.133. The number of methoxy groups -OCH3 is 1. The van der Waals surface area contributed by atoms with Gasteiger partial charge in [-0.3, -0.25) is 19.3 Å². The Labute approximate surface area is 317 Å². The summed E-state index contributed by atoms with van der Waals surface area (Å²) in [6, 6.07) is 17.6. The average Bonchev–Trinajstić information content (AvgIpc) is 3.99. The molecule has 55 heavy (non-hydrogen) atoms. The average molecular weight is 749 g/mol. The van der Waals surface area contributed by atoms with Crippen molar-refractivity contribution >= 4 is 51.9 Å². The summed E-state index contributed by atoms with van der Waals surface area (Å²) in [5, 5.41) is 5.42. The summed E-state index contributed by atoms with van der Waals surface area (Å²) in [7, 11) is 1.25. The number of alkyl carbamates (subject to hydrolysis) is 1. The molecule has 0 unspecified atom stereocenters. The summed E-state index contributed by atoms with van der Waals surface area (Å²) in [6.07, 6.45) is 1.79. The van der Waals surface area contributed by atoms with Gasteiger partial charge in [-0.05, 0) is 82.3 Å². The van der Waals surface area contributed by atoms with Gasteiger partial charge >= 0.3 is 12.2 Å². The maximum absolute atomic E-state index is 13.9. The Hall–Kier alpha value is -6.25. The Morgan fingerprint density at radius 2 is 1.55 bits per heavy atom. The van der Waals surface area contributed by atoms with Gasteiger partial charge < -0.3 is 35.0 Å². The molecular weight excluding hydrogens is 704 g/mol. The third-order valence-electron chi connectivity index (χ3n) is 9.89. The van der Waals surface area contributed by atoms with Gasteiger partial charge in [0.15, 0.2) is 5.78 Å². The first-order valence-electron chi connectivity index (χ1n) is 18.4. The lowest BCUT2D eigenvalue weighted by Gasteiger charge is -2.28. The highest BCUT2D eigenvalue weighted by Crippen LogP contribution is 2.35. The Morgan fingerprint density at radius 3 is 2.27 bits per heavy atom. The maximum atomic E-state index is 13.9. The number of likely N-dealkylation sites (tertiary alicyclic amines) is 2. The topological polar surface area (TPSA) is 192 Å². The van der Waals surface area contributed by atoms with Crippen LogP contribution in [0.5, 0.6) is 0 Å². The molecule has 2 aromatic heterocycles. The van der Waals surface area contributed by atoms with E-state index >= 15 is 0 Å². The second-order valence-electron chi connectivity index (χ2n) is 14.8. The maximum Gasteiger partial charge on any atom is 0.410 e. The second kappa shape index (κ2) is 15.2. The number of ketones is 1. The number of aromatic amines is 2. The number of aromatic nitrogens is 4. The molecule has 3 atom stereocenters. The minimum Gasteiger partial charge on any atom is -0.453 e. The smallest absolute Gasteiger partial charge is 0.410 e. The fourth-order valence-electron chi connectivity index (χ4n) is 7.30. The normalized spacial score (nSPS) is 17.7. The Morgan fingerprint density at radius 1 is 0.855 bits per heavy atom. The number of hydrogen-bond acceptors (Lipinski definition) is 9. The number of benzene rings is 3. The van der Waals surface area contributed by atoms with Crippen molar-refractivity contribution in [1.82, 2.24) is 40.4 Å². The van der Waals surface area contributed by atoms with E-state index in [1.165, 1.54) is 7.11 Å². The molecule has 2 saturated heterocycles. The van der Waals surface area contributed by atoms with Crippen molar-refractivity contribution in [3.05, 3.63) is 95.1 Å². The number of rotatable bonds is 9. The van der Waals surface area contributed by atoms with Crippen molar-refractivity contribution in [1.29, 1.82) is 0 Å². The number of nitrogens with one attached hydrogen (secondary N) is 4. The molecule has 0 radical (unpaired) electrons. The highest BCUT2D eigenvalue weighted by Gasteiger charge is 2.38.